The Balaban J connectivity index is 1.52. The summed E-state index contributed by atoms with van der Waals surface area (Å²) in [5.41, 5.74) is 1.29. The van der Waals surface area contributed by atoms with Crippen molar-refractivity contribution in [3.63, 3.8) is 0 Å². The first kappa shape index (κ1) is 22.2. The third-order valence-electron chi connectivity index (χ3n) is 4.53. The van der Waals surface area contributed by atoms with Crippen molar-refractivity contribution in [2.45, 2.75) is 18.6 Å². The van der Waals surface area contributed by atoms with Crippen LogP contribution in [0.15, 0.2) is 72.9 Å². The zero-order valence-electron chi connectivity index (χ0n) is 17.0. The number of ether oxygens (including phenoxy) is 2. The molecule has 2 atom stereocenters. The number of rotatable bonds is 11. The number of nitriles is 1. The Labute approximate surface area is 181 Å². The third-order valence-corrected chi connectivity index (χ3v) is 4.53. The van der Waals surface area contributed by atoms with Crippen LogP contribution < -0.4 is 14.8 Å². The minimum atomic E-state index is -0.711. The average Bonchev–Trinajstić information content (AvgIpc) is 2.81. The minimum Gasteiger partial charge on any atom is -0.491 e. The molecule has 2 aromatic carbocycles. The number of nitrogens with one attached hydrogen (secondary N) is 1. The summed E-state index contributed by atoms with van der Waals surface area (Å²) in [6, 6.07) is 21.8. The van der Waals surface area contributed by atoms with E-state index in [-0.39, 0.29) is 31.7 Å². The first-order chi connectivity index (χ1) is 15.2. The number of aromatic nitrogens is 1. The van der Waals surface area contributed by atoms with E-state index in [0.717, 1.165) is 5.56 Å². The summed E-state index contributed by atoms with van der Waals surface area (Å²) in [4.78, 5) is 4.10. The van der Waals surface area contributed by atoms with Crippen molar-refractivity contribution < 1.29 is 19.7 Å². The van der Waals surface area contributed by atoms with Crippen molar-refractivity contribution in [1.82, 2.24) is 10.3 Å². The predicted octanol–water partition coefficient (Wildman–Crippen LogP) is 2.68. The highest BCUT2D eigenvalue weighted by molar-refractivity contribution is 5.40. The molecule has 7 heteroatoms. The quantitative estimate of drug-likeness (QED) is 0.439. The van der Waals surface area contributed by atoms with Gasteiger partial charge in [-0.3, -0.25) is 0 Å². The summed E-state index contributed by atoms with van der Waals surface area (Å²) in [6.45, 7) is 0.355. The van der Waals surface area contributed by atoms with Crippen LogP contribution in [0.4, 0.5) is 0 Å². The molecule has 1 unspecified atom stereocenters. The van der Waals surface area contributed by atoms with Gasteiger partial charge in [0, 0.05) is 18.8 Å². The molecule has 0 radical (unpaired) electrons. The van der Waals surface area contributed by atoms with Gasteiger partial charge in [0.05, 0.1) is 6.61 Å². The Hall–Kier alpha value is -3.44. The van der Waals surface area contributed by atoms with Gasteiger partial charge in [0.25, 0.3) is 0 Å². The van der Waals surface area contributed by atoms with Crippen molar-refractivity contribution in [2.24, 2.45) is 0 Å². The number of hydrogen-bond acceptors (Lipinski definition) is 7. The maximum absolute atomic E-state index is 10.2. The smallest absolute Gasteiger partial charge is 0.237 e. The van der Waals surface area contributed by atoms with Gasteiger partial charge in [-0.25, -0.2) is 4.98 Å². The van der Waals surface area contributed by atoms with Crippen LogP contribution >= 0.6 is 0 Å². The molecule has 0 aliphatic carbocycles. The van der Waals surface area contributed by atoms with Crippen LogP contribution in [0, 0.1) is 11.3 Å². The molecule has 1 heterocycles. The number of para-hydroxylation sites is 1. The number of aliphatic hydroxyl groups excluding tert-OH is 2. The van der Waals surface area contributed by atoms with Gasteiger partial charge in [0.2, 0.25) is 5.88 Å². The van der Waals surface area contributed by atoms with Crippen molar-refractivity contribution in [2.75, 3.05) is 19.8 Å². The number of nitrogens with zero attached hydrogens (tertiary/aromatic N) is 2. The molecule has 0 amide bonds. The van der Waals surface area contributed by atoms with Gasteiger partial charge < -0.3 is 25.0 Å². The number of hydrogen-bond donors (Lipinski definition) is 3. The molecule has 0 spiro atoms. The molecule has 0 saturated heterocycles. The van der Waals surface area contributed by atoms with Crippen molar-refractivity contribution in [3.8, 4) is 23.4 Å². The van der Waals surface area contributed by atoms with Gasteiger partial charge in [0.1, 0.15) is 35.8 Å². The second kappa shape index (κ2) is 11.7. The fraction of sp³-hybridized carbons (Fsp3) is 0.250. The first-order valence-corrected chi connectivity index (χ1v) is 10.00. The lowest BCUT2D eigenvalue weighted by Crippen LogP contribution is -2.41. The van der Waals surface area contributed by atoms with E-state index in [9.17, 15) is 15.5 Å². The fourth-order valence-corrected chi connectivity index (χ4v) is 2.96. The van der Waals surface area contributed by atoms with Gasteiger partial charge in [-0.05, 0) is 48.4 Å². The minimum absolute atomic E-state index is 0.0871. The van der Waals surface area contributed by atoms with Gasteiger partial charge in [0.15, 0.2) is 0 Å². The molecule has 1 aromatic heterocycles. The number of benzene rings is 2. The lowest BCUT2D eigenvalue weighted by atomic mass is 10.1. The van der Waals surface area contributed by atoms with Gasteiger partial charge in [-0.2, -0.15) is 5.26 Å². The van der Waals surface area contributed by atoms with Crippen LogP contribution in [-0.4, -0.2) is 47.1 Å². The van der Waals surface area contributed by atoms with E-state index >= 15 is 0 Å². The average molecular weight is 419 g/mol. The highest BCUT2D eigenvalue weighted by Gasteiger charge is 2.13. The maximum Gasteiger partial charge on any atom is 0.237 e. The molecule has 3 aromatic rings. The Morgan fingerprint density at radius 1 is 1.03 bits per heavy atom. The van der Waals surface area contributed by atoms with E-state index in [1.54, 1.807) is 24.4 Å². The molecule has 31 heavy (non-hydrogen) atoms. The molecule has 0 aliphatic heterocycles. The highest BCUT2D eigenvalue weighted by atomic mass is 16.5. The molecule has 0 fully saturated rings. The second-order valence-corrected chi connectivity index (χ2v) is 6.99. The van der Waals surface area contributed by atoms with Crippen molar-refractivity contribution in [3.05, 3.63) is 84.1 Å². The first-order valence-electron chi connectivity index (χ1n) is 10.00. The van der Waals surface area contributed by atoms with Crippen LogP contribution in [0.1, 0.15) is 11.1 Å². The lowest BCUT2D eigenvalue weighted by Gasteiger charge is -2.19. The predicted molar refractivity (Wildman–Crippen MR) is 116 cm³/mol. The largest absolute Gasteiger partial charge is 0.491 e. The standard InChI is InChI=1S/C24H25N3O4/c25-14-19-7-5-11-26-24(19)31-23-10-4-6-18(13-23)12-20(16-28)27-15-21(29)17-30-22-8-2-1-3-9-22/h1-11,13,20-21,27-29H,12,15-17H2/t20?,21-/m0/s1. The number of pyridine rings is 1. The SMILES string of the molecule is N#Cc1cccnc1Oc1cccc(CC(CO)NC[C@H](O)COc2ccccc2)c1. The van der Waals surface area contributed by atoms with E-state index in [4.69, 9.17) is 9.47 Å². The third kappa shape index (κ3) is 7.08. The Kier molecular flexibility index (Phi) is 8.38. The molecule has 160 valence electrons. The molecule has 0 bridgehead atoms. The summed E-state index contributed by atoms with van der Waals surface area (Å²) in [6.07, 6.45) is 1.39. The summed E-state index contributed by atoms with van der Waals surface area (Å²) in [5.74, 6) is 1.51. The summed E-state index contributed by atoms with van der Waals surface area (Å²) in [7, 11) is 0. The van der Waals surface area contributed by atoms with E-state index in [2.05, 4.69) is 16.4 Å². The van der Waals surface area contributed by atoms with E-state index in [0.29, 0.717) is 23.5 Å². The summed E-state index contributed by atoms with van der Waals surface area (Å²) in [5, 5.41) is 32.2. The van der Waals surface area contributed by atoms with Gasteiger partial charge >= 0.3 is 0 Å². The summed E-state index contributed by atoms with van der Waals surface area (Å²) >= 11 is 0. The van der Waals surface area contributed by atoms with Crippen molar-refractivity contribution in [1.29, 1.82) is 5.26 Å². The normalized spacial score (nSPS) is 12.5. The topological polar surface area (TPSA) is 108 Å². The molecular weight excluding hydrogens is 394 g/mol. The Morgan fingerprint density at radius 3 is 2.61 bits per heavy atom. The van der Waals surface area contributed by atoms with Gasteiger partial charge in [-0.1, -0.05) is 30.3 Å². The van der Waals surface area contributed by atoms with Crippen LogP contribution in [-0.2, 0) is 6.42 Å². The monoisotopic (exact) mass is 419 g/mol. The molecular formula is C24H25N3O4. The zero-order chi connectivity index (χ0) is 21.9. The van der Waals surface area contributed by atoms with Crippen LogP contribution in [0.25, 0.3) is 0 Å². The molecule has 7 nitrogen and oxygen atoms in total. The Bertz CT molecular complexity index is 991. The number of aliphatic hydroxyl groups is 2. The molecule has 3 rings (SSSR count). The van der Waals surface area contributed by atoms with E-state index < -0.39 is 6.10 Å². The van der Waals surface area contributed by atoms with E-state index in [1.165, 1.54) is 0 Å². The second-order valence-electron chi connectivity index (χ2n) is 6.99. The van der Waals surface area contributed by atoms with Crippen molar-refractivity contribution >= 4 is 0 Å². The van der Waals surface area contributed by atoms with Crippen LogP contribution in [0.3, 0.4) is 0 Å². The van der Waals surface area contributed by atoms with Gasteiger partial charge in [-0.15, -0.1) is 0 Å². The van der Waals surface area contributed by atoms with E-state index in [1.807, 2.05) is 48.5 Å². The maximum atomic E-state index is 10.2. The lowest BCUT2D eigenvalue weighted by molar-refractivity contribution is 0.0997. The summed E-state index contributed by atoms with van der Waals surface area (Å²) < 4.78 is 11.3. The zero-order valence-corrected chi connectivity index (χ0v) is 17.0. The fourth-order valence-electron chi connectivity index (χ4n) is 2.96. The highest BCUT2D eigenvalue weighted by Crippen LogP contribution is 2.23. The Morgan fingerprint density at radius 2 is 1.84 bits per heavy atom. The molecule has 0 aliphatic rings. The van der Waals surface area contributed by atoms with Crippen LogP contribution in [0.2, 0.25) is 0 Å². The molecule has 3 N–H and O–H groups in total. The molecule has 0 saturated carbocycles. The van der Waals surface area contributed by atoms with Crippen LogP contribution in [0.5, 0.6) is 17.4 Å².